The van der Waals surface area contributed by atoms with Crippen LogP contribution in [0.15, 0.2) is 83.7 Å². The van der Waals surface area contributed by atoms with Gasteiger partial charge in [0, 0.05) is 24.9 Å². The lowest BCUT2D eigenvalue weighted by molar-refractivity contribution is 0.530. The second-order valence-electron chi connectivity index (χ2n) is 6.99. The molecule has 0 saturated carbocycles. The molecule has 0 radical (unpaired) electrons. The van der Waals surface area contributed by atoms with E-state index in [-0.39, 0.29) is 11.4 Å². The van der Waals surface area contributed by atoms with Crippen molar-refractivity contribution in [3.8, 4) is 0 Å². The molecule has 1 heterocycles. The quantitative estimate of drug-likeness (QED) is 0.489. The maximum absolute atomic E-state index is 13.2. The van der Waals surface area contributed by atoms with Crippen LogP contribution in [0.25, 0.3) is 10.8 Å². The van der Waals surface area contributed by atoms with Crippen molar-refractivity contribution in [2.24, 2.45) is 0 Å². The van der Waals surface area contributed by atoms with E-state index in [1.165, 1.54) is 22.4 Å². The van der Waals surface area contributed by atoms with E-state index in [2.05, 4.69) is 22.5 Å². The van der Waals surface area contributed by atoms with Gasteiger partial charge >= 0.3 is 0 Å². The van der Waals surface area contributed by atoms with Crippen molar-refractivity contribution in [2.75, 3.05) is 6.54 Å². The van der Waals surface area contributed by atoms with E-state index in [0.29, 0.717) is 24.9 Å². The maximum atomic E-state index is 13.2. The molecule has 0 bridgehead atoms. The molecular weight excluding hydrogens is 365 g/mol. The van der Waals surface area contributed by atoms with Gasteiger partial charge in [-0.3, -0.25) is 4.79 Å². The zero-order valence-corrected chi connectivity index (χ0v) is 16.0. The molecule has 146 valence electrons. The number of nitrogens with zero attached hydrogens (tertiary/aromatic N) is 2. The van der Waals surface area contributed by atoms with Crippen molar-refractivity contribution >= 4 is 10.8 Å². The third-order valence-electron chi connectivity index (χ3n) is 4.90. The van der Waals surface area contributed by atoms with Gasteiger partial charge in [-0.15, -0.1) is 0 Å². The summed E-state index contributed by atoms with van der Waals surface area (Å²) in [5, 5.41) is 9.49. The van der Waals surface area contributed by atoms with Crippen LogP contribution >= 0.6 is 0 Å². The van der Waals surface area contributed by atoms with Gasteiger partial charge in [-0.25, -0.2) is 9.07 Å². The van der Waals surface area contributed by atoms with Crippen molar-refractivity contribution in [1.82, 2.24) is 15.1 Å². The Morgan fingerprint density at radius 2 is 1.52 bits per heavy atom. The van der Waals surface area contributed by atoms with Crippen LogP contribution in [0.5, 0.6) is 0 Å². The van der Waals surface area contributed by atoms with Gasteiger partial charge in [0.25, 0.3) is 5.56 Å². The minimum Gasteiger partial charge on any atom is -0.311 e. The molecule has 0 aliphatic heterocycles. The predicted octanol–water partition coefficient (Wildman–Crippen LogP) is 3.92. The highest BCUT2D eigenvalue weighted by molar-refractivity contribution is 5.83. The first kappa shape index (κ1) is 19.0. The summed E-state index contributed by atoms with van der Waals surface area (Å²) >= 11 is 0. The summed E-state index contributed by atoms with van der Waals surface area (Å²) in [7, 11) is 0. The lowest BCUT2D eigenvalue weighted by Crippen LogP contribution is -2.30. The standard InChI is InChI=1S/C24H22FN3O/c25-20-12-10-18(11-13-20)16-23-21-8-4-5-9-22(21)24(29)28(27-23)15-14-26-17-19-6-2-1-3-7-19/h1-13,26H,14-17H2. The minimum absolute atomic E-state index is 0.0926. The number of hydrogen-bond acceptors (Lipinski definition) is 3. The van der Waals surface area contributed by atoms with Crippen molar-refractivity contribution in [3.05, 3.63) is 112 Å². The van der Waals surface area contributed by atoms with Gasteiger partial charge in [-0.05, 0) is 29.3 Å². The molecule has 0 spiro atoms. The van der Waals surface area contributed by atoms with Crippen molar-refractivity contribution in [1.29, 1.82) is 0 Å². The topological polar surface area (TPSA) is 46.9 Å². The van der Waals surface area contributed by atoms with E-state index in [4.69, 9.17) is 0 Å². The Hall–Kier alpha value is -3.31. The summed E-state index contributed by atoms with van der Waals surface area (Å²) in [6, 6.07) is 24.1. The number of rotatable bonds is 7. The predicted molar refractivity (Wildman–Crippen MR) is 113 cm³/mol. The number of nitrogens with one attached hydrogen (secondary N) is 1. The third kappa shape index (κ3) is 4.58. The van der Waals surface area contributed by atoms with Gasteiger partial charge in [-0.1, -0.05) is 60.7 Å². The van der Waals surface area contributed by atoms with Gasteiger partial charge in [0.2, 0.25) is 0 Å². The Labute approximate surface area is 168 Å². The molecule has 1 aromatic heterocycles. The Kier molecular flexibility index (Phi) is 5.77. The number of hydrogen-bond donors (Lipinski definition) is 1. The largest absolute Gasteiger partial charge is 0.311 e. The Morgan fingerprint density at radius 3 is 2.28 bits per heavy atom. The van der Waals surface area contributed by atoms with Crippen molar-refractivity contribution in [3.63, 3.8) is 0 Å². The molecule has 0 fully saturated rings. The van der Waals surface area contributed by atoms with E-state index < -0.39 is 0 Å². The van der Waals surface area contributed by atoms with E-state index >= 15 is 0 Å². The fourth-order valence-electron chi connectivity index (χ4n) is 3.40. The van der Waals surface area contributed by atoms with E-state index in [1.807, 2.05) is 42.5 Å². The summed E-state index contributed by atoms with van der Waals surface area (Å²) < 4.78 is 14.8. The molecule has 4 rings (SSSR count). The average molecular weight is 387 g/mol. The molecule has 4 aromatic rings. The van der Waals surface area contributed by atoms with Crippen LogP contribution in [0.2, 0.25) is 0 Å². The molecule has 0 atom stereocenters. The van der Waals surface area contributed by atoms with Gasteiger partial charge in [0.1, 0.15) is 5.82 Å². The van der Waals surface area contributed by atoms with Crippen LogP contribution in [0.1, 0.15) is 16.8 Å². The van der Waals surface area contributed by atoms with Gasteiger partial charge < -0.3 is 5.32 Å². The van der Waals surface area contributed by atoms with Crippen LogP contribution in [0.4, 0.5) is 4.39 Å². The molecule has 0 saturated heterocycles. The normalized spacial score (nSPS) is 11.1. The average Bonchev–Trinajstić information content (AvgIpc) is 2.76. The summed E-state index contributed by atoms with van der Waals surface area (Å²) in [4.78, 5) is 12.9. The summed E-state index contributed by atoms with van der Waals surface area (Å²) in [5.74, 6) is -0.263. The lowest BCUT2D eigenvalue weighted by Gasteiger charge is -2.12. The van der Waals surface area contributed by atoms with Crippen LogP contribution in [0.3, 0.4) is 0 Å². The van der Waals surface area contributed by atoms with Crippen LogP contribution in [-0.2, 0) is 19.5 Å². The first-order valence-corrected chi connectivity index (χ1v) is 9.68. The summed E-state index contributed by atoms with van der Waals surface area (Å²) in [6.45, 7) is 1.86. The molecular formula is C24H22FN3O. The molecule has 0 aliphatic rings. The molecule has 3 aromatic carbocycles. The van der Waals surface area contributed by atoms with Crippen molar-refractivity contribution in [2.45, 2.75) is 19.5 Å². The highest BCUT2D eigenvalue weighted by Gasteiger charge is 2.11. The van der Waals surface area contributed by atoms with Crippen LogP contribution in [0, 0.1) is 5.82 Å². The fourth-order valence-corrected chi connectivity index (χ4v) is 3.40. The zero-order valence-electron chi connectivity index (χ0n) is 16.0. The SMILES string of the molecule is O=c1c2ccccc2c(Cc2ccc(F)cc2)nn1CCNCc1ccccc1. The number of benzene rings is 3. The molecule has 0 amide bonds. The summed E-state index contributed by atoms with van der Waals surface area (Å²) in [5.41, 5.74) is 2.87. The Balaban J connectivity index is 1.56. The van der Waals surface area contributed by atoms with E-state index in [9.17, 15) is 9.18 Å². The highest BCUT2D eigenvalue weighted by Crippen LogP contribution is 2.17. The van der Waals surface area contributed by atoms with Gasteiger partial charge in [0.05, 0.1) is 17.6 Å². The second kappa shape index (κ2) is 8.80. The molecule has 1 N–H and O–H groups in total. The number of fused-ring (bicyclic) bond motifs is 1. The van der Waals surface area contributed by atoms with Gasteiger partial charge in [0.15, 0.2) is 0 Å². The first-order valence-electron chi connectivity index (χ1n) is 9.68. The molecule has 0 unspecified atom stereocenters. The van der Waals surface area contributed by atoms with E-state index in [1.54, 1.807) is 12.1 Å². The lowest BCUT2D eigenvalue weighted by atomic mass is 10.0. The number of aromatic nitrogens is 2. The second-order valence-corrected chi connectivity index (χ2v) is 6.99. The molecule has 29 heavy (non-hydrogen) atoms. The number of halogens is 1. The Bertz CT molecular complexity index is 1150. The van der Waals surface area contributed by atoms with Crippen molar-refractivity contribution < 1.29 is 4.39 Å². The maximum Gasteiger partial charge on any atom is 0.274 e. The monoisotopic (exact) mass is 387 g/mol. The third-order valence-corrected chi connectivity index (χ3v) is 4.90. The molecule has 4 nitrogen and oxygen atoms in total. The summed E-state index contributed by atoms with van der Waals surface area (Å²) in [6.07, 6.45) is 0.540. The minimum atomic E-state index is -0.263. The fraction of sp³-hybridized carbons (Fsp3) is 0.167. The van der Waals surface area contributed by atoms with Gasteiger partial charge in [-0.2, -0.15) is 5.10 Å². The zero-order chi connectivity index (χ0) is 20.1. The van der Waals surface area contributed by atoms with E-state index in [0.717, 1.165) is 23.2 Å². The molecule has 5 heteroatoms. The van der Waals surface area contributed by atoms with Crippen LogP contribution in [-0.4, -0.2) is 16.3 Å². The molecule has 0 aliphatic carbocycles. The smallest absolute Gasteiger partial charge is 0.274 e. The first-order chi connectivity index (χ1) is 14.2. The van der Waals surface area contributed by atoms with Crippen LogP contribution < -0.4 is 10.9 Å². The Morgan fingerprint density at radius 1 is 0.828 bits per heavy atom. The highest BCUT2D eigenvalue weighted by atomic mass is 19.1.